The lowest BCUT2D eigenvalue weighted by molar-refractivity contribution is -0.124. The number of para-hydroxylation sites is 2. The standard InChI is InChI=1S/C21H27N3O5S/c1-4-13-22-20(25)11-12-21(26)23-16-10-9-15(2)19(14-16)30(27,28)24-17-7-5-6-8-18(17)29-3/h5-10,14,24H,4,11-13H2,1-3H3,(H,22,25)(H,23,26). The lowest BCUT2D eigenvalue weighted by Crippen LogP contribution is -2.25. The fraction of sp³-hybridized carbons (Fsp3) is 0.333. The highest BCUT2D eigenvalue weighted by atomic mass is 32.2. The summed E-state index contributed by atoms with van der Waals surface area (Å²) in [7, 11) is -2.46. The number of ether oxygens (including phenoxy) is 1. The molecule has 0 fully saturated rings. The van der Waals surface area contributed by atoms with Gasteiger partial charge in [0.25, 0.3) is 10.0 Å². The average Bonchev–Trinajstić information content (AvgIpc) is 2.72. The molecule has 9 heteroatoms. The minimum atomic E-state index is -3.92. The van der Waals surface area contributed by atoms with Gasteiger partial charge >= 0.3 is 0 Å². The van der Waals surface area contributed by atoms with E-state index in [-0.39, 0.29) is 29.6 Å². The summed E-state index contributed by atoms with van der Waals surface area (Å²) >= 11 is 0. The zero-order chi connectivity index (χ0) is 22.1. The number of sulfonamides is 1. The van der Waals surface area contributed by atoms with Gasteiger partial charge in [-0.2, -0.15) is 0 Å². The highest BCUT2D eigenvalue weighted by molar-refractivity contribution is 7.92. The molecular formula is C21H27N3O5S. The van der Waals surface area contributed by atoms with Crippen molar-refractivity contribution >= 4 is 33.2 Å². The van der Waals surface area contributed by atoms with E-state index in [0.29, 0.717) is 29.2 Å². The maximum atomic E-state index is 12.9. The maximum Gasteiger partial charge on any atom is 0.262 e. The van der Waals surface area contributed by atoms with Crippen LogP contribution in [0.5, 0.6) is 5.75 Å². The second kappa shape index (κ2) is 10.6. The summed E-state index contributed by atoms with van der Waals surface area (Å²) in [5.74, 6) is -0.170. The molecule has 0 radical (unpaired) electrons. The third kappa shape index (κ3) is 6.48. The molecule has 162 valence electrons. The Hall–Kier alpha value is -3.07. The van der Waals surface area contributed by atoms with Crippen molar-refractivity contribution < 1.29 is 22.7 Å². The molecule has 3 N–H and O–H groups in total. The van der Waals surface area contributed by atoms with Crippen molar-refractivity contribution in [1.82, 2.24) is 5.32 Å². The maximum absolute atomic E-state index is 12.9. The first-order chi connectivity index (χ1) is 14.3. The molecule has 0 bridgehead atoms. The Bertz CT molecular complexity index is 1010. The van der Waals surface area contributed by atoms with E-state index in [1.807, 2.05) is 6.92 Å². The molecule has 0 aliphatic rings. The van der Waals surface area contributed by atoms with Crippen LogP contribution < -0.4 is 20.1 Å². The van der Waals surface area contributed by atoms with Gasteiger partial charge < -0.3 is 15.4 Å². The largest absolute Gasteiger partial charge is 0.495 e. The second-order valence-electron chi connectivity index (χ2n) is 6.68. The van der Waals surface area contributed by atoms with Crippen LogP contribution in [0.3, 0.4) is 0 Å². The number of amides is 2. The van der Waals surface area contributed by atoms with Crippen LogP contribution in [-0.4, -0.2) is 33.9 Å². The van der Waals surface area contributed by atoms with Crippen molar-refractivity contribution in [3.63, 3.8) is 0 Å². The number of nitrogens with one attached hydrogen (secondary N) is 3. The Morgan fingerprint density at radius 3 is 2.43 bits per heavy atom. The Balaban J connectivity index is 2.12. The highest BCUT2D eigenvalue weighted by Gasteiger charge is 2.20. The molecule has 2 amide bonds. The van der Waals surface area contributed by atoms with Gasteiger partial charge in [-0.15, -0.1) is 0 Å². The topological polar surface area (TPSA) is 114 Å². The Kier molecular flexibility index (Phi) is 8.23. The van der Waals surface area contributed by atoms with Crippen molar-refractivity contribution in [2.45, 2.75) is 38.0 Å². The first-order valence-electron chi connectivity index (χ1n) is 9.60. The van der Waals surface area contributed by atoms with E-state index in [2.05, 4.69) is 15.4 Å². The molecule has 8 nitrogen and oxygen atoms in total. The van der Waals surface area contributed by atoms with Gasteiger partial charge in [-0.05, 0) is 43.2 Å². The molecule has 0 heterocycles. The number of carbonyl (C=O) groups is 2. The smallest absolute Gasteiger partial charge is 0.262 e. The summed E-state index contributed by atoms with van der Waals surface area (Å²) in [5.41, 5.74) is 1.17. The van der Waals surface area contributed by atoms with Crippen molar-refractivity contribution in [3.05, 3.63) is 48.0 Å². The van der Waals surface area contributed by atoms with Crippen LogP contribution in [0.15, 0.2) is 47.4 Å². The zero-order valence-corrected chi connectivity index (χ0v) is 18.1. The molecule has 0 aliphatic carbocycles. The summed E-state index contributed by atoms with van der Waals surface area (Å²) in [6.45, 7) is 4.18. The molecule has 2 aromatic carbocycles. The Morgan fingerprint density at radius 1 is 1.03 bits per heavy atom. The highest BCUT2D eigenvalue weighted by Crippen LogP contribution is 2.28. The molecule has 0 atom stereocenters. The third-order valence-corrected chi connectivity index (χ3v) is 5.77. The Morgan fingerprint density at radius 2 is 1.73 bits per heavy atom. The molecule has 0 aromatic heterocycles. The van der Waals surface area contributed by atoms with E-state index in [9.17, 15) is 18.0 Å². The van der Waals surface area contributed by atoms with Gasteiger partial charge in [0.15, 0.2) is 0 Å². The van der Waals surface area contributed by atoms with Crippen molar-refractivity contribution in [1.29, 1.82) is 0 Å². The fourth-order valence-corrected chi connectivity index (χ4v) is 4.04. The lowest BCUT2D eigenvalue weighted by Gasteiger charge is -2.14. The van der Waals surface area contributed by atoms with E-state index in [1.165, 1.54) is 13.2 Å². The first kappa shape index (κ1) is 23.2. The normalized spacial score (nSPS) is 10.9. The number of carbonyl (C=O) groups excluding carboxylic acids is 2. The fourth-order valence-electron chi connectivity index (χ4n) is 2.70. The predicted octanol–water partition coefficient (Wildman–Crippen LogP) is 3.05. The number of aryl methyl sites for hydroxylation is 1. The van der Waals surface area contributed by atoms with Gasteiger partial charge in [-0.25, -0.2) is 8.42 Å². The molecule has 0 saturated carbocycles. The van der Waals surface area contributed by atoms with E-state index in [4.69, 9.17) is 4.74 Å². The summed E-state index contributed by atoms with van der Waals surface area (Å²) in [6, 6.07) is 11.3. The minimum absolute atomic E-state index is 0.00493. The number of anilines is 2. The van der Waals surface area contributed by atoms with Crippen LogP contribution in [-0.2, 0) is 19.6 Å². The number of benzene rings is 2. The number of rotatable bonds is 10. The zero-order valence-electron chi connectivity index (χ0n) is 17.3. The SMILES string of the molecule is CCCNC(=O)CCC(=O)Nc1ccc(C)c(S(=O)(=O)Nc2ccccc2OC)c1. The molecule has 30 heavy (non-hydrogen) atoms. The molecule has 2 aromatic rings. The third-order valence-electron chi connectivity index (χ3n) is 4.26. The predicted molar refractivity (Wildman–Crippen MR) is 116 cm³/mol. The van der Waals surface area contributed by atoms with Gasteiger partial charge in [0.1, 0.15) is 5.75 Å². The molecule has 2 rings (SSSR count). The van der Waals surface area contributed by atoms with Crippen molar-refractivity contribution in [2.75, 3.05) is 23.7 Å². The molecule has 0 saturated heterocycles. The van der Waals surface area contributed by atoms with Crippen LogP contribution in [0, 0.1) is 6.92 Å². The number of hydrogen-bond acceptors (Lipinski definition) is 5. The molecule has 0 spiro atoms. The lowest BCUT2D eigenvalue weighted by atomic mass is 10.2. The van der Waals surface area contributed by atoms with E-state index in [0.717, 1.165) is 6.42 Å². The quantitative estimate of drug-likeness (QED) is 0.533. The Labute approximate surface area is 177 Å². The van der Waals surface area contributed by atoms with Crippen molar-refractivity contribution in [3.8, 4) is 5.75 Å². The second-order valence-corrected chi connectivity index (χ2v) is 8.34. The molecular weight excluding hydrogens is 406 g/mol. The summed E-state index contributed by atoms with van der Waals surface area (Å²) in [4.78, 5) is 23.8. The number of hydrogen-bond donors (Lipinski definition) is 3. The van der Waals surface area contributed by atoms with E-state index in [1.54, 1.807) is 43.3 Å². The molecule has 0 aliphatic heterocycles. The minimum Gasteiger partial charge on any atom is -0.495 e. The van der Waals surface area contributed by atoms with Crippen LogP contribution in [0.2, 0.25) is 0 Å². The van der Waals surface area contributed by atoms with Gasteiger partial charge in [0.05, 0.1) is 17.7 Å². The van der Waals surface area contributed by atoms with Crippen LogP contribution in [0.1, 0.15) is 31.7 Å². The van der Waals surface area contributed by atoms with Crippen LogP contribution >= 0.6 is 0 Å². The molecule has 0 unspecified atom stereocenters. The van der Waals surface area contributed by atoms with Crippen LogP contribution in [0.25, 0.3) is 0 Å². The first-order valence-corrected chi connectivity index (χ1v) is 11.1. The van der Waals surface area contributed by atoms with E-state index >= 15 is 0 Å². The summed E-state index contributed by atoms with van der Waals surface area (Å²) in [6.07, 6.45) is 0.893. The van der Waals surface area contributed by atoms with Crippen LogP contribution in [0.4, 0.5) is 11.4 Å². The average molecular weight is 434 g/mol. The number of methoxy groups -OCH3 is 1. The van der Waals surface area contributed by atoms with E-state index < -0.39 is 10.0 Å². The summed E-state index contributed by atoms with van der Waals surface area (Å²) in [5, 5.41) is 5.35. The summed E-state index contributed by atoms with van der Waals surface area (Å²) < 4.78 is 33.5. The van der Waals surface area contributed by atoms with Gasteiger partial charge in [-0.1, -0.05) is 25.1 Å². The van der Waals surface area contributed by atoms with Gasteiger partial charge in [0, 0.05) is 25.1 Å². The van der Waals surface area contributed by atoms with Crippen molar-refractivity contribution in [2.24, 2.45) is 0 Å². The van der Waals surface area contributed by atoms with Gasteiger partial charge in [-0.3, -0.25) is 14.3 Å². The van der Waals surface area contributed by atoms with Gasteiger partial charge in [0.2, 0.25) is 11.8 Å². The monoisotopic (exact) mass is 433 g/mol.